The molecule has 0 aromatic carbocycles. The van der Waals surface area contributed by atoms with E-state index in [4.69, 9.17) is 0 Å². The molecular weight excluding hydrogens is 280 g/mol. The number of anilines is 1. The van der Waals surface area contributed by atoms with Gasteiger partial charge in [-0.25, -0.2) is 23.1 Å². The number of rotatable bonds is 7. The summed E-state index contributed by atoms with van der Waals surface area (Å²) in [7, 11) is -1.96. The average Bonchev–Trinajstić information content (AvgIpc) is 2.97. The normalized spacial score (nSPS) is 11.4. The molecule has 0 fully saturated rings. The molecule has 2 heterocycles. The zero-order chi connectivity index (χ0) is 14.4. The first-order chi connectivity index (χ1) is 9.63. The third-order valence-electron chi connectivity index (χ3n) is 2.64. The molecule has 8 nitrogen and oxygen atoms in total. The molecule has 0 aliphatic carbocycles. The molecule has 0 unspecified atom stereocenters. The van der Waals surface area contributed by atoms with E-state index in [0.717, 1.165) is 5.82 Å². The van der Waals surface area contributed by atoms with Crippen LogP contribution in [0.5, 0.6) is 0 Å². The first-order valence-corrected chi connectivity index (χ1v) is 7.58. The van der Waals surface area contributed by atoms with Crippen molar-refractivity contribution in [1.82, 2.24) is 24.9 Å². The van der Waals surface area contributed by atoms with Crippen molar-refractivity contribution in [3.63, 3.8) is 0 Å². The highest BCUT2D eigenvalue weighted by Gasteiger charge is 2.18. The molecule has 0 amide bonds. The number of aryl methyl sites for hydroxylation is 1. The quantitative estimate of drug-likeness (QED) is 0.627. The Morgan fingerprint density at radius 3 is 2.90 bits per heavy atom. The second-order valence-corrected chi connectivity index (χ2v) is 5.72. The van der Waals surface area contributed by atoms with Crippen LogP contribution in [0.1, 0.15) is 12.2 Å². The zero-order valence-electron chi connectivity index (χ0n) is 11.0. The molecule has 3 N–H and O–H groups in total. The summed E-state index contributed by atoms with van der Waals surface area (Å²) in [5, 5.41) is 9.26. The first kappa shape index (κ1) is 14.4. The van der Waals surface area contributed by atoms with Gasteiger partial charge in [-0.3, -0.25) is 5.10 Å². The number of sulfonamides is 1. The maximum Gasteiger partial charge on any atom is 0.260 e. The van der Waals surface area contributed by atoms with Crippen LogP contribution in [0.2, 0.25) is 0 Å². The van der Waals surface area contributed by atoms with E-state index in [0.29, 0.717) is 25.1 Å². The molecule has 0 radical (unpaired) electrons. The first-order valence-electron chi connectivity index (χ1n) is 6.10. The molecule has 0 spiro atoms. The lowest BCUT2D eigenvalue weighted by atomic mass is 10.3. The smallest absolute Gasteiger partial charge is 0.260 e. The lowest BCUT2D eigenvalue weighted by Gasteiger charge is -2.09. The maximum absolute atomic E-state index is 12.1. The number of hydrogen-bond acceptors (Lipinski definition) is 6. The molecule has 0 saturated heterocycles. The summed E-state index contributed by atoms with van der Waals surface area (Å²) in [5.41, 5.74) is 0.468. The fourth-order valence-corrected chi connectivity index (χ4v) is 2.89. The summed E-state index contributed by atoms with van der Waals surface area (Å²) in [4.78, 5) is 7.88. The van der Waals surface area contributed by atoms with Gasteiger partial charge in [0.15, 0.2) is 5.03 Å². The number of nitrogens with one attached hydrogen (secondary N) is 3. The molecule has 0 aliphatic heterocycles. The van der Waals surface area contributed by atoms with Crippen LogP contribution in [0.15, 0.2) is 29.7 Å². The van der Waals surface area contributed by atoms with E-state index in [2.05, 4.69) is 30.2 Å². The Labute approximate surface area is 117 Å². The number of aromatic amines is 1. The highest BCUT2D eigenvalue weighted by molar-refractivity contribution is 7.89. The Kier molecular flexibility index (Phi) is 4.64. The van der Waals surface area contributed by atoms with Crippen LogP contribution in [0.4, 0.5) is 5.69 Å². The van der Waals surface area contributed by atoms with Gasteiger partial charge in [0.1, 0.15) is 12.2 Å². The molecule has 0 saturated carbocycles. The largest absolute Gasteiger partial charge is 0.386 e. The summed E-state index contributed by atoms with van der Waals surface area (Å²) in [5.74, 6) is 0.734. The third kappa shape index (κ3) is 3.52. The Bertz CT molecular complexity index is 641. The summed E-state index contributed by atoms with van der Waals surface area (Å²) >= 11 is 0. The molecular formula is C11H16N6O2S. The van der Waals surface area contributed by atoms with Gasteiger partial charge in [-0.1, -0.05) is 0 Å². The van der Waals surface area contributed by atoms with Crippen LogP contribution in [0.25, 0.3) is 0 Å². The van der Waals surface area contributed by atoms with Crippen LogP contribution in [0, 0.1) is 0 Å². The highest BCUT2D eigenvalue weighted by Crippen LogP contribution is 2.16. The number of hydrogen-bond donors (Lipinski definition) is 3. The fraction of sp³-hybridized carbons (Fsp3) is 0.364. The molecule has 108 valence electrons. The molecule has 2 aromatic rings. The van der Waals surface area contributed by atoms with Crippen LogP contribution < -0.4 is 10.0 Å². The van der Waals surface area contributed by atoms with Crippen LogP contribution in [-0.2, 0) is 16.4 Å². The SMILES string of the molecule is CNc1cccnc1S(=O)(=O)NCCCc1ncn[nH]1. The van der Waals surface area contributed by atoms with Crippen molar-refractivity contribution in [3.05, 3.63) is 30.5 Å². The van der Waals surface area contributed by atoms with Gasteiger partial charge >= 0.3 is 0 Å². The van der Waals surface area contributed by atoms with Crippen molar-refractivity contribution < 1.29 is 8.42 Å². The van der Waals surface area contributed by atoms with Crippen molar-refractivity contribution in [3.8, 4) is 0 Å². The van der Waals surface area contributed by atoms with Crippen molar-refractivity contribution in [2.75, 3.05) is 18.9 Å². The van der Waals surface area contributed by atoms with E-state index in [1.165, 1.54) is 12.5 Å². The predicted molar refractivity (Wildman–Crippen MR) is 73.7 cm³/mol. The Balaban J connectivity index is 1.94. The lowest BCUT2D eigenvalue weighted by Crippen LogP contribution is -2.26. The molecule has 0 atom stereocenters. The van der Waals surface area contributed by atoms with Gasteiger partial charge in [-0.2, -0.15) is 5.10 Å². The van der Waals surface area contributed by atoms with E-state index in [1.54, 1.807) is 19.2 Å². The second kappa shape index (κ2) is 6.44. The summed E-state index contributed by atoms with van der Waals surface area (Å²) < 4.78 is 26.8. The van der Waals surface area contributed by atoms with Crippen LogP contribution >= 0.6 is 0 Å². The maximum atomic E-state index is 12.1. The van der Waals surface area contributed by atoms with Crippen molar-refractivity contribution in [2.24, 2.45) is 0 Å². The van der Waals surface area contributed by atoms with Gasteiger partial charge in [0.05, 0.1) is 5.69 Å². The Morgan fingerprint density at radius 1 is 1.35 bits per heavy atom. The van der Waals surface area contributed by atoms with E-state index in [1.807, 2.05) is 0 Å². The summed E-state index contributed by atoms with van der Waals surface area (Å²) in [6.45, 7) is 0.308. The van der Waals surface area contributed by atoms with E-state index in [9.17, 15) is 8.42 Å². The van der Waals surface area contributed by atoms with Gasteiger partial charge < -0.3 is 5.32 Å². The minimum atomic E-state index is -3.61. The third-order valence-corrected chi connectivity index (χ3v) is 4.06. The lowest BCUT2D eigenvalue weighted by molar-refractivity contribution is 0.575. The van der Waals surface area contributed by atoms with Crippen molar-refractivity contribution in [2.45, 2.75) is 17.9 Å². The number of aromatic nitrogens is 4. The molecule has 20 heavy (non-hydrogen) atoms. The van der Waals surface area contributed by atoms with Crippen molar-refractivity contribution >= 4 is 15.7 Å². The standard InChI is InChI=1S/C11H16N6O2S/c1-12-9-4-2-6-13-11(9)20(18,19)16-7-3-5-10-14-8-15-17-10/h2,4,6,8,12,16H,3,5,7H2,1H3,(H,14,15,17). The van der Waals surface area contributed by atoms with Gasteiger partial charge in [0.2, 0.25) is 0 Å². The molecule has 2 aromatic heterocycles. The van der Waals surface area contributed by atoms with Gasteiger partial charge in [-0.15, -0.1) is 0 Å². The summed E-state index contributed by atoms with van der Waals surface area (Å²) in [6.07, 6.45) is 4.12. The molecule has 9 heteroatoms. The monoisotopic (exact) mass is 296 g/mol. The van der Waals surface area contributed by atoms with Gasteiger partial charge in [0, 0.05) is 26.2 Å². The predicted octanol–water partition coefficient (Wildman–Crippen LogP) is 0.152. The van der Waals surface area contributed by atoms with Crippen LogP contribution in [-0.4, -0.2) is 42.2 Å². The Morgan fingerprint density at radius 2 is 2.20 bits per heavy atom. The Hall–Kier alpha value is -2.00. The zero-order valence-corrected chi connectivity index (χ0v) is 11.8. The second-order valence-electron chi connectivity index (χ2n) is 4.04. The molecule has 0 bridgehead atoms. The van der Waals surface area contributed by atoms with E-state index in [-0.39, 0.29) is 5.03 Å². The number of H-pyrrole nitrogens is 1. The van der Waals surface area contributed by atoms with Crippen LogP contribution in [0.3, 0.4) is 0 Å². The van der Waals surface area contributed by atoms with Gasteiger partial charge in [-0.05, 0) is 18.6 Å². The minimum absolute atomic E-state index is 0.00200. The molecule has 2 rings (SSSR count). The fourth-order valence-electron chi connectivity index (χ4n) is 1.68. The molecule has 0 aliphatic rings. The van der Waals surface area contributed by atoms with E-state index < -0.39 is 10.0 Å². The van der Waals surface area contributed by atoms with Gasteiger partial charge in [0.25, 0.3) is 10.0 Å². The number of pyridine rings is 1. The topological polar surface area (TPSA) is 113 Å². The summed E-state index contributed by atoms with van der Waals surface area (Å²) in [6, 6.07) is 3.34. The van der Waals surface area contributed by atoms with E-state index >= 15 is 0 Å². The van der Waals surface area contributed by atoms with Crippen molar-refractivity contribution in [1.29, 1.82) is 0 Å². The highest BCUT2D eigenvalue weighted by atomic mass is 32.2. The number of nitrogens with zero attached hydrogens (tertiary/aromatic N) is 3. The minimum Gasteiger partial charge on any atom is -0.386 e. The average molecular weight is 296 g/mol.